The lowest BCUT2D eigenvalue weighted by Gasteiger charge is -2.14. The van der Waals surface area contributed by atoms with Gasteiger partial charge in [-0.3, -0.25) is 9.59 Å². The first-order chi connectivity index (χ1) is 15.5. The van der Waals surface area contributed by atoms with Gasteiger partial charge in [-0.2, -0.15) is 5.10 Å². The van der Waals surface area contributed by atoms with Crippen molar-refractivity contribution in [1.29, 1.82) is 0 Å². The number of benzene rings is 2. The summed E-state index contributed by atoms with van der Waals surface area (Å²) >= 11 is 3.38. The van der Waals surface area contributed by atoms with E-state index in [1.165, 1.54) is 7.11 Å². The molecule has 1 aromatic heterocycles. The molecule has 0 atom stereocenters. The number of nitrogens with zero attached hydrogens (tertiary/aromatic N) is 1. The van der Waals surface area contributed by atoms with Gasteiger partial charge in [0.05, 0.1) is 18.4 Å². The van der Waals surface area contributed by atoms with Crippen LogP contribution in [0.15, 0.2) is 62.5 Å². The van der Waals surface area contributed by atoms with Crippen molar-refractivity contribution in [3.8, 4) is 5.75 Å². The number of methoxy groups -OCH3 is 1. The number of ether oxygens (including phenoxy) is 1. The van der Waals surface area contributed by atoms with Gasteiger partial charge in [-0.15, -0.1) is 0 Å². The van der Waals surface area contributed by atoms with Crippen molar-refractivity contribution in [2.24, 2.45) is 5.10 Å². The minimum atomic E-state index is -0.364. The first-order valence-electron chi connectivity index (χ1n) is 10.2. The molecule has 3 aromatic rings. The number of rotatable bonds is 5. The maximum absolute atomic E-state index is 12.8. The third-order valence-corrected chi connectivity index (χ3v) is 5.81. The Bertz CT molecular complexity index is 1200. The summed E-state index contributed by atoms with van der Waals surface area (Å²) in [7, 11) is 1.51. The van der Waals surface area contributed by atoms with E-state index in [0.29, 0.717) is 46.9 Å². The highest BCUT2D eigenvalue weighted by Gasteiger charge is 2.28. The Morgan fingerprint density at radius 1 is 1.06 bits per heavy atom. The van der Waals surface area contributed by atoms with Crippen LogP contribution in [0.25, 0.3) is 0 Å². The molecule has 1 heterocycles. The number of hydrogen-bond donors (Lipinski definition) is 2. The summed E-state index contributed by atoms with van der Waals surface area (Å²) in [5, 5.41) is 7.23. The average Bonchev–Trinajstić information content (AvgIpc) is 3.16. The minimum absolute atomic E-state index is 0.253. The van der Waals surface area contributed by atoms with Crippen LogP contribution in [0.5, 0.6) is 5.75 Å². The van der Waals surface area contributed by atoms with E-state index in [-0.39, 0.29) is 17.6 Å². The van der Waals surface area contributed by atoms with Crippen LogP contribution < -0.4 is 15.5 Å². The third kappa shape index (κ3) is 4.45. The lowest BCUT2D eigenvalue weighted by Crippen LogP contribution is -2.22. The fourth-order valence-electron chi connectivity index (χ4n) is 3.73. The molecule has 2 N–H and O–H groups in total. The number of carbonyl (C=O) groups excluding carboxylic acids is 2. The number of hydrazone groups is 1. The molecular weight excluding hydrogens is 474 g/mol. The van der Waals surface area contributed by atoms with E-state index in [4.69, 9.17) is 9.15 Å². The third-order valence-electron chi connectivity index (χ3n) is 5.28. The van der Waals surface area contributed by atoms with E-state index in [9.17, 15) is 9.59 Å². The summed E-state index contributed by atoms with van der Waals surface area (Å²) in [6.45, 7) is 1.84. The molecule has 1 aliphatic rings. The molecule has 0 radical (unpaired) electrons. The second-order valence-electron chi connectivity index (χ2n) is 7.37. The highest BCUT2D eigenvalue weighted by atomic mass is 79.9. The standard InChI is InChI=1S/C24H22BrN3O4/c1-14-21-18(27-28-23(29)17-6-3-4-8-19(17)31-2)7-5-9-20(21)32-22(14)24(30)26-16-12-10-15(25)11-13-16/h3-4,6,8,10-13H,5,7,9H2,1-2H3,(H,26,30)(H,28,29)/b27-18+. The zero-order valence-electron chi connectivity index (χ0n) is 17.7. The van der Waals surface area contributed by atoms with E-state index < -0.39 is 0 Å². The van der Waals surface area contributed by atoms with Crippen molar-refractivity contribution in [1.82, 2.24) is 5.43 Å². The number of carbonyl (C=O) groups is 2. The van der Waals surface area contributed by atoms with Crippen molar-refractivity contribution in [3.63, 3.8) is 0 Å². The van der Waals surface area contributed by atoms with Crippen molar-refractivity contribution in [2.45, 2.75) is 26.2 Å². The molecule has 32 heavy (non-hydrogen) atoms. The summed E-state index contributed by atoms with van der Waals surface area (Å²) in [5.74, 6) is 0.748. The van der Waals surface area contributed by atoms with Gasteiger partial charge in [-0.25, -0.2) is 5.43 Å². The Hall–Kier alpha value is -3.39. The topological polar surface area (TPSA) is 92.9 Å². The van der Waals surface area contributed by atoms with Gasteiger partial charge in [-0.1, -0.05) is 28.1 Å². The molecule has 1 aliphatic carbocycles. The molecular formula is C24H22BrN3O4. The van der Waals surface area contributed by atoms with Crippen LogP contribution in [0.1, 0.15) is 50.6 Å². The smallest absolute Gasteiger partial charge is 0.291 e. The number of hydrogen-bond acceptors (Lipinski definition) is 5. The fourth-order valence-corrected chi connectivity index (χ4v) is 3.99. The van der Waals surface area contributed by atoms with E-state index in [2.05, 4.69) is 31.8 Å². The molecule has 0 spiro atoms. The van der Waals surface area contributed by atoms with Crippen LogP contribution in [0, 0.1) is 6.92 Å². The van der Waals surface area contributed by atoms with Gasteiger partial charge in [0.25, 0.3) is 11.8 Å². The van der Waals surface area contributed by atoms with Crippen molar-refractivity contribution >= 4 is 39.1 Å². The second kappa shape index (κ2) is 9.40. The van der Waals surface area contributed by atoms with Crippen LogP contribution in [-0.2, 0) is 6.42 Å². The number of fused-ring (bicyclic) bond motifs is 1. The van der Waals surface area contributed by atoms with E-state index in [0.717, 1.165) is 16.5 Å². The highest BCUT2D eigenvalue weighted by Crippen LogP contribution is 2.30. The molecule has 4 rings (SSSR count). The molecule has 7 nitrogen and oxygen atoms in total. The first-order valence-corrected chi connectivity index (χ1v) is 11.0. The number of nitrogens with one attached hydrogen (secondary N) is 2. The van der Waals surface area contributed by atoms with Crippen LogP contribution in [0.3, 0.4) is 0 Å². The maximum atomic E-state index is 12.8. The number of furan rings is 1. The average molecular weight is 496 g/mol. The molecule has 2 aromatic carbocycles. The zero-order chi connectivity index (χ0) is 22.7. The number of para-hydroxylation sites is 1. The van der Waals surface area contributed by atoms with Gasteiger partial charge in [0.2, 0.25) is 0 Å². The summed E-state index contributed by atoms with van der Waals surface area (Å²) in [6, 6.07) is 14.3. The summed E-state index contributed by atoms with van der Waals surface area (Å²) in [5.41, 5.74) is 5.88. The molecule has 0 fully saturated rings. The van der Waals surface area contributed by atoms with E-state index in [1.54, 1.807) is 36.4 Å². The number of amides is 2. The second-order valence-corrected chi connectivity index (χ2v) is 8.28. The first kappa shape index (κ1) is 21.8. The monoisotopic (exact) mass is 495 g/mol. The van der Waals surface area contributed by atoms with Crippen LogP contribution in [0.2, 0.25) is 0 Å². The SMILES string of the molecule is COc1ccccc1C(=O)N/N=C1\CCCc2oc(C(=O)Nc3ccc(Br)cc3)c(C)c21. The Morgan fingerprint density at radius 3 is 2.56 bits per heavy atom. The molecule has 0 unspecified atom stereocenters. The lowest BCUT2D eigenvalue weighted by atomic mass is 9.93. The highest BCUT2D eigenvalue weighted by molar-refractivity contribution is 9.10. The molecule has 2 amide bonds. The molecule has 8 heteroatoms. The van der Waals surface area contributed by atoms with Gasteiger partial charge in [0, 0.05) is 27.7 Å². The predicted molar refractivity (Wildman–Crippen MR) is 125 cm³/mol. The van der Waals surface area contributed by atoms with Crippen molar-refractivity contribution in [3.05, 3.63) is 81.2 Å². The zero-order valence-corrected chi connectivity index (χ0v) is 19.3. The summed E-state index contributed by atoms with van der Waals surface area (Å²) in [4.78, 5) is 25.4. The van der Waals surface area contributed by atoms with Crippen LogP contribution in [-0.4, -0.2) is 24.6 Å². The number of anilines is 1. The maximum Gasteiger partial charge on any atom is 0.291 e. The molecule has 0 bridgehead atoms. The van der Waals surface area contributed by atoms with Gasteiger partial charge in [-0.05, 0) is 56.2 Å². The van der Waals surface area contributed by atoms with Gasteiger partial charge >= 0.3 is 0 Å². The Balaban J connectivity index is 1.57. The van der Waals surface area contributed by atoms with E-state index >= 15 is 0 Å². The Morgan fingerprint density at radius 2 is 1.81 bits per heavy atom. The van der Waals surface area contributed by atoms with Gasteiger partial charge in [0.15, 0.2) is 5.76 Å². The quantitative estimate of drug-likeness (QED) is 0.482. The van der Waals surface area contributed by atoms with Crippen molar-refractivity contribution < 1.29 is 18.7 Å². The van der Waals surface area contributed by atoms with E-state index in [1.807, 2.05) is 19.1 Å². The Kier molecular flexibility index (Phi) is 6.41. The molecule has 0 aliphatic heterocycles. The lowest BCUT2D eigenvalue weighted by molar-refractivity contribution is 0.0950. The largest absolute Gasteiger partial charge is 0.496 e. The molecule has 0 saturated carbocycles. The summed E-state index contributed by atoms with van der Waals surface area (Å²) in [6.07, 6.45) is 2.20. The normalized spacial score (nSPS) is 14.0. The number of aryl methyl sites for hydroxylation is 1. The predicted octanol–water partition coefficient (Wildman–Crippen LogP) is 5.08. The van der Waals surface area contributed by atoms with Crippen molar-refractivity contribution in [2.75, 3.05) is 12.4 Å². The van der Waals surface area contributed by atoms with Crippen LogP contribution in [0.4, 0.5) is 5.69 Å². The van der Waals surface area contributed by atoms with Gasteiger partial charge < -0.3 is 14.5 Å². The van der Waals surface area contributed by atoms with Crippen LogP contribution >= 0.6 is 15.9 Å². The number of halogens is 1. The molecule has 164 valence electrons. The Labute approximate surface area is 194 Å². The van der Waals surface area contributed by atoms with Gasteiger partial charge in [0.1, 0.15) is 11.5 Å². The fraction of sp³-hybridized carbons (Fsp3) is 0.208. The minimum Gasteiger partial charge on any atom is -0.496 e. The molecule has 0 saturated heterocycles. The summed E-state index contributed by atoms with van der Waals surface area (Å²) < 4.78 is 12.1.